The van der Waals surface area contributed by atoms with E-state index in [0.717, 1.165) is 50.0 Å². The highest BCUT2D eigenvalue weighted by atomic mass is 16.5. The molecule has 1 aliphatic heterocycles. The van der Waals surface area contributed by atoms with E-state index in [4.69, 9.17) is 9.73 Å². The number of hydrogen-bond donors (Lipinski definition) is 1. The molecular formula is C17H29N5O. The van der Waals surface area contributed by atoms with E-state index in [0.29, 0.717) is 12.5 Å². The second-order valence-electron chi connectivity index (χ2n) is 6.11. The molecule has 0 aliphatic carbocycles. The average Bonchev–Trinajstić information content (AvgIpc) is 3.00. The van der Waals surface area contributed by atoms with Gasteiger partial charge in [0.2, 0.25) is 0 Å². The number of hydrogen-bond acceptors (Lipinski definition) is 4. The normalized spacial score (nSPS) is 18.3. The van der Waals surface area contributed by atoms with Gasteiger partial charge in [-0.1, -0.05) is 6.07 Å². The van der Waals surface area contributed by atoms with Crippen molar-refractivity contribution in [3.05, 3.63) is 23.9 Å². The number of pyridine rings is 1. The highest BCUT2D eigenvalue weighted by molar-refractivity contribution is 5.80. The van der Waals surface area contributed by atoms with E-state index in [1.807, 2.05) is 31.3 Å². The summed E-state index contributed by atoms with van der Waals surface area (Å²) in [4.78, 5) is 13.6. The van der Waals surface area contributed by atoms with Crippen LogP contribution >= 0.6 is 0 Å². The predicted octanol–water partition coefficient (Wildman–Crippen LogP) is 1.58. The number of anilines is 1. The molecule has 128 valence electrons. The minimum absolute atomic E-state index is 0.597. The van der Waals surface area contributed by atoms with Gasteiger partial charge in [0.25, 0.3) is 0 Å². The van der Waals surface area contributed by atoms with Crippen LogP contribution in [0.15, 0.2) is 23.3 Å². The van der Waals surface area contributed by atoms with Gasteiger partial charge in [0.15, 0.2) is 5.96 Å². The maximum absolute atomic E-state index is 5.28. The van der Waals surface area contributed by atoms with Gasteiger partial charge in [-0.2, -0.15) is 0 Å². The Morgan fingerprint density at radius 3 is 3.04 bits per heavy atom. The maximum Gasteiger partial charge on any atom is 0.194 e. The molecule has 2 rings (SSSR count). The molecule has 23 heavy (non-hydrogen) atoms. The third kappa shape index (κ3) is 4.82. The molecule has 1 unspecified atom stereocenters. The van der Waals surface area contributed by atoms with Gasteiger partial charge in [0.05, 0.1) is 13.2 Å². The Labute approximate surface area is 139 Å². The third-order valence-corrected chi connectivity index (χ3v) is 4.01. The molecule has 0 saturated carbocycles. The fraction of sp³-hybridized carbons (Fsp3) is 0.647. The Balaban J connectivity index is 2.08. The minimum Gasteiger partial charge on any atom is -0.384 e. The summed E-state index contributed by atoms with van der Waals surface area (Å²) >= 11 is 0. The SMILES string of the molecule is CCNC(=NCc1cccnc1N(C)C)N1CCC(COC)C1. The van der Waals surface area contributed by atoms with Crippen molar-refractivity contribution in [2.75, 3.05) is 52.3 Å². The van der Waals surface area contributed by atoms with Gasteiger partial charge in [-0.05, 0) is 19.4 Å². The molecule has 1 aromatic rings. The number of methoxy groups -OCH3 is 1. The lowest BCUT2D eigenvalue weighted by atomic mass is 10.1. The van der Waals surface area contributed by atoms with Crippen LogP contribution in [0.25, 0.3) is 0 Å². The second kappa shape index (κ2) is 8.72. The molecule has 1 aliphatic rings. The van der Waals surface area contributed by atoms with Crippen LogP contribution in [0.4, 0.5) is 5.82 Å². The third-order valence-electron chi connectivity index (χ3n) is 4.01. The van der Waals surface area contributed by atoms with Gasteiger partial charge in [-0.15, -0.1) is 0 Å². The van der Waals surface area contributed by atoms with Crippen LogP contribution in [0.3, 0.4) is 0 Å². The molecule has 1 N–H and O–H groups in total. The second-order valence-corrected chi connectivity index (χ2v) is 6.11. The van der Waals surface area contributed by atoms with Crippen LogP contribution in [0.2, 0.25) is 0 Å². The number of aromatic nitrogens is 1. The molecule has 0 radical (unpaired) electrons. The van der Waals surface area contributed by atoms with Crippen molar-refractivity contribution in [3.8, 4) is 0 Å². The molecule has 1 atom stereocenters. The summed E-state index contributed by atoms with van der Waals surface area (Å²) in [6.45, 7) is 6.48. The molecule has 1 aromatic heterocycles. The van der Waals surface area contributed by atoms with E-state index in [-0.39, 0.29) is 0 Å². The van der Waals surface area contributed by atoms with E-state index < -0.39 is 0 Å². The maximum atomic E-state index is 5.28. The number of aliphatic imine (C=N–C) groups is 1. The van der Waals surface area contributed by atoms with Crippen molar-refractivity contribution in [2.45, 2.75) is 19.9 Å². The fourth-order valence-electron chi connectivity index (χ4n) is 2.94. The predicted molar refractivity (Wildman–Crippen MR) is 94.9 cm³/mol. The average molecular weight is 319 g/mol. The number of guanidine groups is 1. The van der Waals surface area contributed by atoms with Crippen LogP contribution in [0.5, 0.6) is 0 Å². The summed E-state index contributed by atoms with van der Waals surface area (Å²) < 4.78 is 5.28. The quantitative estimate of drug-likeness (QED) is 0.637. The smallest absolute Gasteiger partial charge is 0.194 e. The Bertz CT molecular complexity index is 517. The van der Waals surface area contributed by atoms with Gasteiger partial charge in [-0.25, -0.2) is 9.98 Å². The van der Waals surface area contributed by atoms with Crippen molar-refractivity contribution >= 4 is 11.8 Å². The topological polar surface area (TPSA) is 53.0 Å². The first-order valence-electron chi connectivity index (χ1n) is 8.29. The monoisotopic (exact) mass is 319 g/mol. The Morgan fingerprint density at radius 2 is 2.35 bits per heavy atom. The first kappa shape index (κ1) is 17.5. The summed E-state index contributed by atoms with van der Waals surface area (Å²) in [5.74, 6) is 2.56. The summed E-state index contributed by atoms with van der Waals surface area (Å²) in [7, 11) is 5.79. The zero-order valence-corrected chi connectivity index (χ0v) is 14.7. The lowest BCUT2D eigenvalue weighted by Gasteiger charge is -2.22. The lowest BCUT2D eigenvalue weighted by molar-refractivity contribution is 0.157. The molecule has 1 fully saturated rings. The Kier molecular flexibility index (Phi) is 6.65. The summed E-state index contributed by atoms with van der Waals surface area (Å²) in [5.41, 5.74) is 1.14. The molecule has 0 spiro atoms. The molecule has 0 amide bonds. The zero-order chi connectivity index (χ0) is 16.7. The molecule has 0 bridgehead atoms. The van der Waals surface area contributed by atoms with Crippen molar-refractivity contribution in [1.29, 1.82) is 0 Å². The number of nitrogens with one attached hydrogen (secondary N) is 1. The van der Waals surface area contributed by atoms with Crippen LogP contribution in [0.1, 0.15) is 18.9 Å². The molecular weight excluding hydrogens is 290 g/mol. The molecule has 0 aromatic carbocycles. The molecule has 6 nitrogen and oxygen atoms in total. The highest BCUT2D eigenvalue weighted by Gasteiger charge is 2.24. The van der Waals surface area contributed by atoms with E-state index in [2.05, 4.69) is 28.2 Å². The number of rotatable bonds is 6. The largest absolute Gasteiger partial charge is 0.384 e. The fourth-order valence-corrected chi connectivity index (χ4v) is 2.94. The zero-order valence-electron chi connectivity index (χ0n) is 14.7. The number of nitrogens with zero attached hydrogens (tertiary/aromatic N) is 4. The van der Waals surface area contributed by atoms with E-state index >= 15 is 0 Å². The Morgan fingerprint density at radius 1 is 1.52 bits per heavy atom. The number of ether oxygens (including phenoxy) is 1. The van der Waals surface area contributed by atoms with Crippen LogP contribution in [-0.2, 0) is 11.3 Å². The van der Waals surface area contributed by atoms with Gasteiger partial charge < -0.3 is 19.9 Å². The van der Waals surface area contributed by atoms with E-state index in [1.54, 1.807) is 7.11 Å². The molecule has 1 saturated heterocycles. The molecule has 2 heterocycles. The standard InChI is InChI=1S/C17H29N5O/c1-5-18-17(22-10-8-14(12-22)13-23-4)20-11-15-7-6-9-19-16(15)21(2)3/h6-7,9,14H,5,8,10-13H2,1-4H3,(H,18,20). The van der Waals surface area contributed by atoms with Crippen LogP contribution in [-0.4, -0.2) is 63.3 Å². The highest BCUT2D eigenvalue weighted by Crippen LogP contribution is 2.18. The van der Waals surface area contributed by atoms with Crippen molar-refractivity contribution in [1.82, 2.24) is 15.2 Å². The Hall–Kier alpha value is -1.82. The first-order valence-corrected chi connectivity index (χ1v) is 8.29. The first-order chi connectivity index (χ1) is 11.2. The van der Waals surface area contributed by atoms with Gasteiger partial charge >= 0.3 is 0 Å². The summed E-state index contributed by atoms with van der Waals surface area (Å²) in [6.07, 6.45) is 2.98. The van der Waals surface area contributed by atoms with Crippen LogP contribution in [0, 0.1) is 5.92 Å². The van der Waals surface area contributed by atoms with Gasteiger partial charge in [0, 0.05) is 58.5 Å². The summed E-state index contributed by atoms with van der Waals surface area (Å²) in [5, 5.41) is 3.41. The van der Waals surface area contributed by atoms with Gasteiger partial charge in [-0.3, -0.25) is 0 Å². The van der Waals surface area contributed by atoms with Gasteiger partial charge in [0.1, 0.15) is 5.82 Å². The van der Waals surface area contributed by atoms with E-state index in [1.165, 1.54) is 0 Å². The minimum atomic E-state index is 0.597. The van der Waals surface area contributed by atoms with Crippen molar-refractivity contribution in [2.24, 2.45) is 10.9 Å². The van der Waals surface area contributed by atoms with Crippen molar-refractivity contribution < 1.29 is 4.74 Å². The molecule has 6 heteroatoms. The van der Waals surface area contributed by atoms with Crippen LogP contribution < -0.4 is 10.2 Å². The van der Waals surface area contributed by atoms with Crippen molar-refractivity contribution in [3.63, 3.8) is 0 Å². The number of likely N-dealkylation sites (tertiary alicyclic amines) is 1. The summed E-state index contributed by atoms with van der Waals surface area (Å²) in [6, 6.07) is 4.06. The lowest BCUT2D eigenvalue weighted by Crippen LogP contribution is -2.40. The van der Waals surface area contributed by atoms with E-state index in [9.17, 15) is 0 Å².